The van der Waals surface area contributed by atoms with Crippen molar-refractivity contribution in [3.05, 3.63) is 53.9 Å². The molecule has 0 atom stereocenters. The molecule has 21 heavy (non-hydrogen) atoms. The van der Waals surface area contributed by atoms with Gasteiger partial charge >= 0.3 is 6.03 Å². The van der Waals surface area contributed by atoms with E-state index in [2.05, 4.69) is 15.6 Å². The van der Waals surface area contributed by atoms with Crippen LogP contribution in [0.25, 0.3) is 0 Å². The number of anilines is 2. The molecule has 1 aromatic heterocycles. The topological polar surface area (TPSA) is 74.2 Å². The summed E-state index contributed by atoms with van der Waals surface area (Å²) in [5, 5.41) is 13.8. The molecule has 2 rings (SSSR count). The molecule has 0 spiro atoms. The predicted molar refractivity (Wildman–Crippen MR) is 74.0 cm³/mol. The second kappa shape index (κ2) is 6.76. The molecule has 0 aliphatic carbocycles. The number of carbonyl (C=O) groups is 1. The fourth-order valence-corrected chi connectivity index (χ4v) is 1.77. The van der Waals surface area contributed by atoms with Gasteiger partial charge in [0, 0.05) is 30.2 Å². The second-order valence-electron chi connectivity index (χ2n) is 4.22. The Morgan fingerprint density at radius 2 is 2.00 bits per heavy atom. The van der Waals surface area contributed by atoms with Crippen LogP contribution in [0.1, 0.15) is 5.56 Å². The number of hydrogen-bond donors (Lipinski definition) is 3. The van der Waals surface area contributed by atoms with Gasteiger partial charge in [-0.15, -0.1) is 0 Å². The van der Waals surface area contributed by atoms with E-state index < -0.39 is 17.8 Å². The first-order valence-corrected chi connectivity index (χ1v) is 6.17. The molecule has 0 bridgehead atoms. The van der Waals surface area contributed by atoms with Gasteiger partial charge in [-0.3, -0.25) is 0 Å². The number of aromatic nitrogens is 1. The van der Waals surface area contributed by atoms with Crippen molar-refractivity contribution in [1.29, 1.82) is 0 Å². The van der Waals surface area contributed by atoms with Crippen LogP contribution in [0.5, 0.6) is 0 Å². The van der Waals surface area contributed by atoms with Crippen molar-refractivity contribution >= 4 is 17.4 Å². The number of rotatable bonds is 4. The van der Waals surface area contributed by atoms with Gasteiger partial charge in [-0.25, -0.2) is 14.2 Å². The van der Waals surface area contributed by atoms with Gasteiger partial charge in [-0.2, -0.15) is 4.39 Å². The number of urea groups is 1. The summed E-state index contributed by atoms with van der Waals surface area (Å²) in [4.78, 5) is 15.2. The molecule has 5 nitrogen and oxygen atoms in total. The van der Waals surface area contributed by atoms with Crippen molar-refractivity contribution < 1.29 is 18.7 Å². The number of pyridine rings is 1. The van der Waals surface area contributed by atoms with Gasteiger partial charge in [0.15, 0.2) is 0 Å². The Morgan fingerprint density at radius 1 is 1.19 bits per heavy atom. The molecule has 0 unspecified atom stereocenters. The Bertz CT molecular complexity index is 650. The van der Waals surface area contributed by atoms with Crippen molar-refractivity contribution in [2.24, 2.45) is 0 Å². The van der Waals surface area contributed by atoms with E-state index in [0.717, 1.165) is 12.1 Å². The number of benzene rings is 1. The molecule has 1 heterocycles. The average molecular weight is 293 g/mol. The van der Waals surface area contributed by atoms with Gasteiger partial charge in [0.1, 0.15) is 5.82 Å². The Balaban J connectivity index is 2.10. The maximum absolute atomic E-state index is 13.2. The zero-order valence-electron chi connectivity index (χ0n) is 10.9. The van der Waals surface area contributed by atoms with E-state index in [1.807, 2.05) is 0 Å². The highest BCUT2D eigenvalue weighted by Crippen LogP contribution is 2.18. The third-order valence-corrected chi connectivity index (χ3v) is 2.69. The number of carbonyl (C=O) groups excluding carboxylic acids is 1. The lowest BCUT2D eigenvalue weighted by Gasteiger charge is -2.11. The van der Waals surface area contributed by atoms with Gasteiger partial charge in [-0.1, -0.05) is 6.07 Å². The molecule has 0 aliphatic rings. The molecule has 0 fully saturated rings. The summed E-state index contributed by atoms with van der Waals surface area (Å²) in [7, 11) is 0. The molecule has 3 N–H and O–H groups in total. The molecular weight excluding hydrogens is 280 g/mol. The first-order valence-electron chi connectivity index (χ1n) is 6.17. The Morgan fingerprint density at radius 3 is 2.71 bits per heavy atom. The zero-order valence-corrected chi connectivity index (χ0v) is 10.9. The van der Waals surface area contributed by atoms with E-state index in [9.17, 15) is 13.6 Å². The SMILES string of the molecule is O=C(Nc1ccnc(F)c1)Nc1cc(F)ccc1CCO. The van der Waals surface area contributed by atoms with Crippen molar-refractivity contribution in [2.75, 3.05) is 17.2 Å². The Labute approximate surface area is 119 Å². The molecule has 0 aliphatic heterocycles. The minimum Gasteiger partial charge on any atom is -0.396 e. The van der Waals surface area contributed by atoms with Gasteiger partial charge in [0.2, 0.25) is 5.95 Å². The fraction of sp³-hybridized carbons (Fsp3) is 0.143. The third-order valence-electron chi connectivity index (χ3n) is 2.69. The van der Waals surface area contributed by atoms with Crippen LogP contribution in [0.4, 0.5) is 25.0 Å². The van der Waals surface area contributed by atoms with Gasteiger partial charge in [0.25, 0.3) is 0 Å². The maximum Gasteiger partial charge on any atom is 0.323 e. The first kappa shape index (κ1) is 14.9. The number of nitrogens with one attached hydrogen (secondary N) is 2. The van der Waals surface area contributed by atoms with Crippen LogP contribution in [-0.2, 0) is 6.42 Å². The summed E-state index contributed by atoms with van der Waals surface area (Å²) in [6.45, 7) is -0.127. The average Bonchev–Trinajstić information content (AvgIpc) is 2.42. The van der Waals surface area contributed by atoms with Gasteiger partial charge < -0.3 is 15.7 Å². The lowest BCUT2D eigenvalue weighted by molar-refractivity contribution is 0.262. The number of aliphatic hydroxyl groups excluding tert-OH is 1. The number of halogens is 2. The van der Waals surface area contributed by atoms with Crippen LogP contribution >= 0.6 is 0 Å². The van der Waals surface area contributed by atoms with E-state index in [-0.39, 0.29) is 24.4 Å². The summed E-state index contributed by atoms with van der Waals surface area (Å²) in [5.41, 5.74) is 1.06. The number of amides is 2. The normalized spacial score (nSPS) is 10.2. The standard InChI is InChI=1S/C14H13F2N3O2/c15-10-2-1-9(4-6-20)12(7-10)19-14(21)18-11-3-5-17-13(16)8-11/h1-3,5,7-8,20H,4,6H2,(H2,17,18,19,21). The Kier molecular flexibility index (Phi) is 4.78. The molecule has 2 amide bonds. The van der Waals surface area contributed by atoms with Crippen molar-refractivity contribution in [1.82, 2.24) is 4.98 Å². The largest absolute Gasteiger partial charge is 0.396 e. The monoisotopic (exact) mass is 293 g/mol. The quantitative estimate of drug-likeness (QED) is 0.758. The molecular formula is C14H13F2N3O2. The van der Waals surface area contributed by atoms with E-state index in [1.165, 1.54) is 24.4 Å². The predicted octanol–water partition coefficient (Wildman–Crippen LogP) is 2.54. The van der Waals surface area contributed by atoms with Crippen molar-refractivity contribution in [3.8, 4) is 0 Å². The van der Waals surface area contributed by atoms with Crippen LogP contribution < -0.4 is 10.6 Å². The summed E-state index contributed by atoms with van der Waals surface area (Å²) >= 11 is 0. The molecule has 7 heteroatoms. The molecule has 1 aromatic carbocycles. The van der Waals surface area contributed by atoms with Gasteiger partial charge in [0.05, 0.1) is 0 Å². The lowest BCUT2D eigenvalue weighted by Crippen LogP contribution is -2.20. The third kappa shape index (κ3) is 4.22. The van der Waals surface area contributed by atoms with Crippen LogP contribution in [0, 0.1) is 11.8 Å². The number of hydrogen-bond acceptors (Lipinski definition) is 3. The van der Waals surface area contributed by atoms with Crippen molar-refractivity contribution in [2.45, 2.75) is 6.42 Å². The smallest absolute Gasteiger partial charge is 0.323 e. The minimum absolute atomic E-state index is 0.127. The van der Waals surface area contributed by atoms with E-state index in [4.69, 9.17) is 5.11 Å². The van der Waals surface area contributed by atoms with Crippen LogP contribution in [-0.4, -0.2) is 22.7 Å². The summed E-state index contributed by atoms with van der Waals surface area (Å²) in [6, 6.07) is 5.70. The van der Waals surface area contributed by atoms with Crippen LogP contribution in [0.15, 0.2) is 36.5 Å². The first-order chi connectivity index (χ1) is 10.1. The molecule has 0 saturated carbocycles. The van der Waals surface area contributed by atoms with Crippen molar-refractivity contribution in [3.63, 3.8) is 0 Å². The molecule has 0 radical (unpaired) electrons. The second-order valence-corrected chi connectivity index (χ2v) is 4.22. The van der Waals surface area contributed by atoms with E-state index in [1.54, 1.807) is 0 Å². The fourth-order valence-electron chi connectivity index (χ4n) is 1.77. The summed E-state index contributed by atoms with van der Waals surface area (Å²) < 4.78 is 26.1. The zero-order chi connectivity index (χ0) is 15.2. The number of nitrogens with zero attached hydrogens (tertiary/aromatic N) is 1. The van der Waals surface area contributed by atoms with E-state index in [0.29, 0.717) is 5.56 Å². The number of aliphatic hydroxyl groups is 1. The van der Waals surface area contributed by atoms with E-state index >= 15 is 0 Å². The highest BCUT2D eigenvalue weighted by atomic mass is 19.1. The lowest BCUT2D eigenvalue weighted by atomic mass is 10.1. The molecule has 110 valence electrons. The molecule has 2 aromatic rings. The summed E-state index contributed by atoms with van der Waals surface area (Å²) in [5.74, 6) is -1.23. The minimum atomic E-state index is -0.723. The van der Waals surface area contributed by atoms with Crippen LogP contribution in [0.2, 0.25) is 0 Å². The highest BCUT2D eigenvalue weighted by Gasteiger charge is 2.09. The van der Waals surface area contributed by atoms with Gasteiger partial charge in [-0.05, 0) is 30.2 Å². The summed E-state index contributed by atoms with van der Waals surface area (Å²) in [6.07, 6.45) is 1.49. The molecule has 0 saturated heterocycles. The Hall–Kier alpha value is -2.54. The maximum atomic E-state index is 13.2. The van der Waals surface area contributed by atoms with Crippen LogP contribution in [0.3, 0.4) is 0 Å². The highest BCUT2D eigenvalue weighted by molar-refractivity contribution is 6.00.